The number of sulfonamides is 1. The van der Waals surface area contributed by atoms with Gasteiger partial charge in [-0.25, -0.2) is 13.1 Å². The van der Waals surface area contributed by atoms with Crippen LogP contribution in [0.3, 0.4) is 0 Å². The highest BCUT2D eigenvalue weighted by Crippen LogP contribution is 2.17. The van der Waals surface area contributed by atoms with E-state index < -0.39 is 10.0 Å². The highest BCUT2D eigenvalue weighted by atomic mass is 32.2. The van der Waals surface area contributed by atoms with Crippen LogP contribution in [0.5, 0.6) is 0 Å². The highest BCUT2D eigenvalue weighted by molar-refractivity contribution is 7.89. The zero-order chi connectivity index (χ0) is 15.5. The van der Waals surface area contributed by atoms with E-state index in [1.807, 2.05) is 44.2 Å². The minimum absolute atomic E-state index is 0.195. The van der Waals surface area contributed by atoms with Crippen molar-refractivity contribution in [1.82, 2.24) is 4.72 Å². The summed E-state index contributed by atoms with van der Waals surface area (Å²) in [7, 11) is -3.55. The third-order valence-electron chi connectivity index (χ3n) is 3.30. The van der Waals surface area contributed by atoms with Gasteiger partial charge in [0.2, 0.25) is 10.0 Å². The molecule has 0 radical (unpaired) electrons. The smallest absolute Gasteiger partial charge is 0.240 e. The molecule has 0 saturated carbocycles. The lowest BCUT2D eigenvalue weighted by Crippen LogP contribution is -2.34. The number of benzene rings is 2. The molecule has 0 aliphatic rings. The second-order valence-electron chi connectivity index (χ2n) is 5.23. The van der Waals surface area contributed by atoms with Crippen LogP contribution >= 0.6 is 0 Å². The minimum atomic E-state index is -3.55. The lowest BCUT2D eigenvalue weighted by Gasteiger charge is -2.15. The van der Waals surface area contributed by atoms with Crippen LogP contribution in [0.2, 0.25) is 0 Å². The van der Waals surface area contributed by atoms with E-state index in [1.165, 1.54) is 6.07 Å². The van der Waals surface area contributed by atoms with Gasteiger partial charge < -0.3 is 5.73 Å². The van der Waals surface area contributed by atoms with Gasteiger partial charge in [-0.15, -0.1) is 0 Å². The Kier molecular flexibility index (Phi) is 4.65. The van der Waals surface area contributed by atoms with Crippen LogP contribution < -0.4 is 10.5 Å². The number of hydrogen-bond acceptors (Lipinski definition) is 3. The first-order chi connectivity index (χ1) is 9.88. The van der Waals surface area contributed by atoms with E-state index in [4.69, 9.17) is 5.73 Å². The standard InChI is InChI=1S/C16H20N2O2S/c1-12-8-9-15(11-16(12)17)21(19,20)18-13(2)10-14-6-4-3-5-7-14/h3-9,11,13,18H,10,17H2,1-2H3. The number of hydrogen-bond donors (Lipinski definition) is 2. The molecule has 0 bridgehead atoms. The summed E-state index contributed by atoms with van der Waals surface area (Å²) >= 11 is 0. The number of aryl methyl sites for hydroxylation is 1. The Hall–Kier alpha value is -1.85. The van der Waals surface area contributed by atoms with Crippen molar-refractivity contribution in [3.63, 3.8) is 0 Å². The number of nitrogens with two attached hydrogens (primary N) is 1. The molecule has 0 fully saturated rings. The van der Waals surface area contributed by atoms with E-state index in [0.717, 1.165) is 11.1 Å². The first kappa shape index (κ1) is 15.5. The van der Waals surface area contributed by atoms with Crippen molar-refractivity contribution in [1.29, 1.82) is 0 Å². The van der Waals surface area contributed by atoms with Gasteiger partial charge in [-0.1, -0.05) is 36.4 Å². The summed E-state index contributed by atoms with van der Waals surface area (Å²) < 4.78 is 27.3. The fraction of sp³-hybridized carbons (Fsp3) is 0.250. The average Bonchev–Trinajstić information content (AvgIpc) is 2.42. The summed E-state index contributed by atoms with van der Waals surface area (Å²) in [5.74, 6) is 0. The van der Waals surface area contributed by atoms with Gasteiger partial charge in [-0.3, -0.25) is 0 Å². The fourth-order valence-corrected chi connectivity index (χ4v) is 3.41. The Morgan fingerprint density at radius 2 is 1.81 bits per heavy atom. The van der Waals surface area contributed by atoms with Gasteiger partial charge in [0, 0.05) is 11.7 Å². The SMILES string of the molecule is Cc1ccc(S(=O)(=O)NC(C)Cc2ccccc2)cc1N. The molecule has 1 unspecified atom stereocenters. The van der Waals surface area contributed by atoms with Gasteiger partial charge in [-0.2, -0.15) is 0 Å². The number of nitrogens with one attached hydrogen (secondary N) is 1. The third kappa shape index (κ3) is 4.06. The second-order valence-corrected chi connectivity index (χ2v) is 6.94. The maximum Gasteiger partial charge on any atom is 0.240 e. The van der Waals surface area contributed by atoms with Crippen LogP contribution in [-0.4, -0.2) is 14.5 Å². The van der Waals surface area contributed by atoms with Crippen LogP contribution in [-0.2, 0) is 16.4 Å². The van der Waals surface area contributed by atoms with Crippen LogP contribution in [0.4, 0.5) is 5.69 Å². The lowest BCUT2D eigenvalue weighted by molar-refractivity contribution is 0.560. The monoisotopic (exact) mass is 304 g/mol. The van der Waals surface area contributed by atoms with Gasteiger partial charge in [0.1, 0.15) is 0 Å². The van der Waals surface area contributed by atoms with Crippen molar-refractivity contribution in [3.05, 3.63) is 59.7 Å². The van der Waals surface area contributed by atoms with E-state index in [9.17, 15) is 8.42 Å². The molecule has 0 heterocycles. The molecule has 3 N–H and O–H groups in total. The largest absolute Gasteiger partial charge is 0.398 e. The minimum Gasteiger partial charge on any atom is -0.398 e. The quantitative estimate of drug-likeness (QED) is 0.834. The molecule has 2 aromatic carbocycles. The fourth-order valence-electron chi connectivity index (χ4n) is 2.13. The van der Waals surface area contributed by atoms with Gasteiger partial charge in [0.25, 0.3) is 0 Å². The lowest BCUT2D eigenvalue weighted by atomic mass is 10.1. The number of anilines is 1. The molecule has 4 nitrogen and oxygen atoms in total. The highest BCUT2D eigenvalue weighted by Gasteiger charge is 2.18. The van der Waals surface area contributed by atoms with E-state index in [-0.39, 0.29) is 10.9 Å². The van der Waals surface area contributed by atoms with Gasteiger partial charge >= 0.3 is 0 Å². The first-order valence-electron chi connectivity index (χ1n) is 6.81. The van der Waals surface area contributed by atoms with Crippen molar-refractivity contribution < 1.29 is 8.42 Å². The predicted octanol–water partition coefficient (Wildman–Crippen LogP) is 2.49. The Morgan fingerprint density at radius 3 is 2.43 bits per heavy atom. The van der Waals surface area contributed by atoms with E-state index in [1.54, 1.807) is 12.1 Å². The molecular formula is C16H20N2O2S. The van der Waals surface area contributed by atoms with Gasteiger partial charge in [-0.05, 0) is 43.5 Å². The van der Waals surface area contributed by atoms with E-state index in [0.29, 0.717) is 12.1 Å². The maximum atomic E-state index is 12.3. The molecule has 5 heteroatoms. The molecular weight excluding hydrogens is 284 g/mol. The molecule has 2 rings (SSSR count). The molecule has 21 heavy (non-hydrogen) atoms. The Balaban J connectivity index is 2.11. The van der Waals surface area contributed by atoms with E-state index >= 15 is 0 Å². The van der Waals surface area contributed by atoms with Gasteiger partial charge in [0.15, 0.2) is 0 Å². The molecule has 1 atom stereocenters. The number of nitrogen functional groups attached to an aromatic ring is 1. The molecule has 0 spiro atoms. The number of rotatable bonds is 5. The van der Waals surface area contributed by atoms with Crippen LogP contribution in [0.1, 0.15) is 18.1 Å². The molecule has 0 aromatic heterocycles. The van der Waals surface area contributed by atoms with E-state index in [2.05, 4.69) is 4.72 Å². The van der Waals surface area contributed by atoms with Crippen molar-refractivity contribution >= 4 is 15.7 Å². The Labute approximate surface area is 126 Å². The predicted molar refractivity (Wildman–Crippen MR) is 85.5 cm³/mol. The van der Waals surface area contributed by atoms with Crippen molar-refractivity contribution in [2.45, 2.75) is 31.2 Å². The zero-order valence-electron chi connectivity index (χ0n) is 12.2. The van der Waals surface area contributed by atoms with Crippen LogP contribution in [0.25, 0.3) is 0 Å². The summed E-state index contributed by atoms with van der Waals surface area (Å²) in [6, 6.07) is 14.4. The molecule has 0 saturated heterocycles. The maximum absolute atomic E-state index is 12.3. The molecule has 0 aliphatic heterocycles. The second kappa shape index (κ2) is 6.28. The third-order valence-corrected chi connectivity index (χ3v) is 4.89. The summed E-state index contributed by atoms with van der Waals surface area (Å²) in [4.78, 5) is 0.200. The molecule has 0 amide bonds. The van der Waals surface area contributed by atoms with Crippen LogP contribution in [0.15, 0.2) is 53.4 Å². The Morgan fingerprint density at radius 1 is 1.14 bits per heavy atom. The summed E-state index contributed by atoms with van der Waals surface area (Å²) in [5, 5.41) is 0. The van der Waals surface area contributed by atoms with Crippen molar-refractivity contribution in [3.8, 4) is 0 Å². The molecule has 0 aliphatic carbocycles. The summed E-state index contributed by atoms with van der Waals surface area (Å²) in [5.41, 5.74) is 8.22. The first-order valence-corrected chi connectivity index (χ1v) is 8.29. The van der Waals surface area contributed by atoms with Crippen molar-refractivity contribution in [2.24, 2.45) is 0 Å². The van der Waals surface area contributed by atoms with Crippen LogP contribution in [0, 0.1) is 6.92 Å². The van der Waals surface area contributed by atoms with Gasteiger partial charge in [0.05, 0.1) is 4.90 Å². The molecule has 2 aromatic rings. The normalized spacial score (nSPS) is 13.0. The Bertz CT molecular complexity index is 712. The molecule has 112 valence electrons. The van der Waals surface area contributed by atoms with Crippen molar-refractivity contribution in [2.75, 3.05) is 5.73 Å². The zero-order valence-corrected chi connectivity index (χ0v) is 13.0. The topological polar surface area (TPSA) is 72.2 Å². The summed E-state index contributed by atoms with van der Waals surface area (Å²) in [6.45, 7) is 3.69. The average molecular weight is 304 g/mol. The summed E-state index contributed by atoms with van der Waals surface area (Å²) in [6.07, 6.45) is 0.640.